The summed E-state index contributed by atoms with van der Waals surface area (Å²) in [5.74, 6) is 1.58. The largest absolute Gasteiger partial charge is 0.456 e. The van der Waals surface area contributed by atoms with Gasteiger partial charge in [0.1, 0.15) is 23.0 Å². The monoisotopic (exact) mass is 538 g/mol. The van der Waals surface area contributed by atoms with Gasteiger partial charge in [-0.15, -0.1) is 0 Å². The van der Waals surface area contributed by atoms with Crippen LogP contribution in [0.5, 0.6) is 0 Å². The predicted molar refractivity (Wildman–Crippen MR) is 150 cm³/mol. The molecule has 9 nitrogen and oxygen atoms in total. The van der Waals surface area contributed by atoms with Crippen LogP contribution in [-0.4, -0.2) is 15.6 Å². The van der Waals surface area contributed by atoms with Crippen molar-refractivity contribution in [3.05, 3.63) is 115 Å². The maximum atomic E-state index is 13.4. The minimum atomic E-state index is -0.441. The summed E-state index contributed by atoms with van der Waals surface area (Å²) >= 11 is 0. The molecule has 0 unspecified atom stereocenters. The van der Waals surface area contributed by atoms with Crippen LogP contribution >= 0.6 is 0 Å². The number of nitro benzene ring substituents is 2. The Kier molecular flexibility index (Phi) is 7.04. The number of hydrogen-bond donors (Lipinski definition) is 0. The van der Waals surface area contributed by atoms with Gasteiger partial charge in [-0.2, -0.15) is 0 Å². The van der Waals surface area contributed by atoms with Gasteiger partial charge in [0.2, 0.25) is 0 Å². The minimum Gasteiger partial charge on any atom is -0.456 e. The van der Waals surface area contributed by atoms with E-state index in [9.17, 15) is 25.0 Å². The van der Waals surface area contributed by atoms with Crippen LogP contribution in [0.4, 0.5) is 11.4 Å². The number of carbonyl (C=O) groups excluding carboxylic acids is 1. The van der Waals surface area contributed by atoms with E-state index in [1.807, 2.05) is 6.92 Å². The van der Waals surface area contributed by atoms with Gasteiger partial charge in [-0.25, -0.2) is 0 Å². The average molecular weight is 539 g/mol. The van der Waals surface area contributed by atoms with Crippen LogP contribution in [0.15, 0.2) is 80.6 Å². The molecule has 0 bridgehead atoms. The van der Waals surface area contributed by atoms with E-state index in [0.717, 1.165) is 11.1 Å². The molecule has 202 valence electrons. The number of carbonyl (C=O) groups is 1. The molecule has 5 rings (SSSR count). The molecule has 1 fully saturated rings. The first-order valence-corrected chi connectivity index (χ1v) is 12.8. The van der Waals surface area contributed by atoms with Crippen molar-refractivity contribution < 1.29 is 23.5 Å². The lowest BCUT2D eigenvalue weighted by Gasteiger charge is -2.22. The lowest BCUT2D eigenvalue weighted by molar-refractivity contribution is -0.384. The molecule has 2 aromatic carbocycles. The molecule has 4 aromatic rings. The van der Waals surface area contributed by atoms with E-state index in [1.54, 1.807) is 74.5 Å². The van der Waals surface area contributed by atoms with Crippen molar-refractivity contribution in [2.45, 2.75) is 33.6 Å². The van der Waals surface area contributed by atoms with E-state index in [1.165, 1.54) is 12.1 Å². The number of ketones is 1. The molecular weight excluding hydrogens is 512 g/mol. The summed E-state index contributed by atoms with van der Waals surface area (Å²) in [6.45, 7) is 5.61. The van der Waals surface area contributed by atoms with Crippen molar-refractivity contribution in [3.8, 4) is 22.6 Å². The molecule has 0 amide bonds. The molecule has 2 aromatic heterocycles. The van der Waals surface area contributed by atoms with Crippen LogP contribution in [0.25, 0.3) is 34.8 Å². The Balaban J connectivity index is 1.42. The number of nitrogens with zero attached hydrogens (tertiary/aromatic N) is 2. The third-order valence-corrected chi connectivity index (χ3v) is 6.84. The second-order valence-corrected chi connectivity index (χ2v) is 10.1. The van der Waals surface area contributed by atoms with Gasteiger partial charge in [0.15, 0.2) is 5.78 Å². The minimum absolute atomic E-state index is 0.0464. The Labute approximate surface area is 229 Å². The van der Waals surface area contributed by atoms with Crippen LogP contribution in [0.1, 0.15) is 42.4 Å². The van der Waals surface area contributed by atoms with Gasteiger partial charge in [0.25, 0.3) is 11.4 Å². The molecule has 0 spiro atoms. The zero-order chi connectivity index (χ0) is 28.6. The number of aryl methyl sites for hydroxylation is 2. The summed E-state index contributed by atoms with van der Waals surface area (Å²) in [5, 5.41) is 23.1. The van der Waals surface area contributed by atoms with Crippen LogP contribution < -0.4 is 0 Å². The molecule has 0 radical (unpaired) electrons. The fourth-order valence-corrected chi connectivity index (χ4v) is 4.96. The van der Waals surface area contributed by atoms with Gasteiger partial charge in [-0.05, 0) is 92.3 Å². The molecule has 1 saturated carbocycles. The highest BCUT2D eigenvalue weighted by molar-refractivity contribution is 6.13. The Morgan fingerprint density at radius 3 is 1.55 bits per heavy atom. The molecule has 0 atom stereocenters. The third-order valence-electron chi connectivity index (χ3n) is 6.84. The Morgan fingerprint density at radius 1 is 0.725 bits per heavy atom. The molecule has 2 heterocycles. The van der Waals surface area contributed by atoms with Gasteiger partial charge in [-0.3, -0.25) is 25.0 Å². The number of hydrogen-bond acceptors (Lipinski definition) is 7. The van der Waals surface area contributed by atoms with Crippen molar-refractivity contribution in [2.75, 3.05) is 0 Å². The molecule has 0 saturated heterocycles. The summed E-state index contributed by atoms with van der Waals surface area (Å²) < 4.78 is 11.8. The van der Waals surface area contributed by atoms with Crippen LogP contribution in [0.3, 0.4) is 0 Å². The highest BCUT2D eigenvalue weighted by Crippen LogP contribution is 2.37. The second kappa shape index (κ2) is 10.6. The van der Waals surface area contributed by atoms with Crippen LogP contribution in [0, 0.1) is 40.0 Å². The molecule has 40 heavy (non-hydrogen) atoms. The van der Waals surface area contributed by atoms with E-state index >= 15 is 0 Å². The summed E-state index contributed by atoms with van der Waals surface area (Å²) in [6.07, 6.45) is 4.46. The zero-order valence-corrected chi connectivity index (χ0v) is 22.2. The molecule has 0 N–H and O–H groups in total. The fourth-order valence-electron chi connectivity index (χ4n) is 4.96. The number of rotatable bonds is 6. The van der Waals surface area contributed by atoms with Crippen molar-refractivity contribution >= 4 is 29.3 Å². The quantitative estimate of drug-likeness (QED) is 0.138. The molecule has 1 aliphatic carbocycles. The summed E-state index contributed by atoms with van der Waals surface area (Å²) in [7, 11) is 0. The first kappa shape index (κ1) is 26.6. The number of allylic oxidation sites excluding steroid dienone is 2. The lowest BCUT2D eigenvalue weighted by atomic mass is 9.81. The maximum Gasteiger partial charge on any atom is 0.280 e. The number of furan rings is 2. The highest BCUT2D eigenvalue weighted by Gasteiger charge is 2.27. The van der Waals surface area contributed by atoms with Crippen molar-refractivity contribution in [1.82, 2.24) is 0 Å². The van der Waals surface area contributed by atoms with Crippen molar-refractivity contribution in [3.63, 3.8) is 0 Å². The average Bonchev–Trinajstić information content (AvgIpc) is 3.56. The number of benzene rings is 2. The molecular formula is C31H26N2O7. The number of Topliss-reactive ketones (excluding diaryl/α,β-unsaturated/α-hetero) is 1. The smallest absolute Gasteiger partial charge is 0.280 e. The number of nitro groups is 2. The Hall–Kier alpha value is -5.05. The summed E-state index contributed by atoms with van der Waals surface area (Å²) in [4.78, 5) is 35.6. The standard InChI is InChI=1S/C31H26N2O7/c1-18-4-8-25(27(14-18)32(35)36)29-10-6-23(39-29)16-21-12-20(3)13-22(31(21)34)17-24-7-11-30(40-24)26-9-5-19(2)15-28(26)33(37)38/h4-11,14-17,20H,12-13H2,1-3H3. The molecule has 9 heteroatoms. The van der Waals surface area contributed by atoms with Gasteiger partial charge < -0.3 is 8.83 Å². The molecule has 0 aliphatic heterocycles. The lowest BCUT2D eigenvalue weighted by Crippen LogP contribution is -2.18. The topological polar surface area (TPSA) is 130 Å². The Morgan fingerprint density at radius 2 is 1.15 bits per heavy atom. The first-order chi connectivity index (χ1) is 19.1. The third kappa shape index (κ3) is 5.40. The first-order valence-electron chi connectivity index (χ1n) is 12.8. The normalized spacial score (nSPS) is 17.5. The fraction of sp³-hybridized carbons (Fsp3) is 0.194. The van der Waals surface area contributed by atoms with E-state index in [2.05, 4.69) is 0 Å². The van der Waals surface area contributed by atoms with Gasteiger partial charge in [0, 0.05) is 23.3 Å². The van der Waals surface area contributed by atoms with E-state index in [-0.39, 0.29) is 23.1 Å². The van der Waals surface area contributed by atoms with Crippen molar-refractivity contribution in [2.24, 2.45) is 5.92 Å². The molecule has 1 aliphatic rings. The van der Waals surface area contributed by atoms with E-state index in [4.69, 9.17) is 8.83 Å². The van der Waals surface area contributed by atoms with Gasteiger partial charge >= 0.3 is 0 Å². The van der Waals surface area contributed by atoms with E-state index < -0.39 is 9.85 Å². The Bertz CT molecular complexity index is 1600. The van der Waals surface area contributed by atoms with Crippen LogP contribution in [-0.2, 0) is 4.79 Å². The summed E-state index contributed by atoms with van der Waals surface area (Å²) in [5.41, 5.74) is 3.30. The SMILES string of the molecule is Cc1ccc(-c2ccc(C=C3CC(C)CC(=Cc4ccc(-c5ccc(C)cc5[N+](=O)[O-])o4)C3=O)o2)c([N+](=O)[O-])c1. The summed E-state index contributed by atoms with van der Waals surface area (Å²) in [6, 6.07) is 16.6. The maximum absolute atomic E-state index is 13.4. The van der Waals surface area contributed by atoms with E-state index in [0.29, 0.717) is 58.2 Å². The zero-order valence-electron chi connectivity index (χ0n) is 22.2. The predicted octanol–water partition coefficient (Wildman–Crippen LogP) is 8.11. The second-order valence-electron chi connectivity index (χ2n) is 10.1. The van der Waals surface area contributed by atoms with Gasteiger partial charge in [0.05, 0.1) is 21.0 Å². The highest BCUT2D eigenvalue weighted by atomic mass is 16.6. The van der Waals surface area contributed by atoms with Gasteiger partial charge in [-0.1, -0.05) is 19.1 Å². The van der Waals surface area contributed by atoms with Crippen molar-refractivity contribution in [1.29, 1.82) is 0 Å². The van der Waals surface area contributed by atoms with Crippen LogP contribution in [0.2, 0.25) is 0 Å².